The number of rotatable bonds is 0. The van der Waals surface area contributed by atoms with Crippen molar-refractivity contribution in [3.63, 3.8) is 0 Å². The number of esters is 1. The average Bonchev–Trinajstić information content (AvgIpc) is 1.59. The Hall–Kier alpha value is -0.790. The van der Waals surface area contributed by atoms with E-state index in [2.05, 4.69) is 0 Å². The fraction of sp³-hybridized carbons (Fsp3) is 0.571. The summed E-state index contributed by atoms with van der Waals surface area (Å²) < 4.78 is 4.84. The molecular weight excluding hydrogens is 116 g/mol. The molecule has 0 aromatic heterocycles. The second-order valence-electron chi connectivity index (χ2n) is 2.44. The van der Waals surface area contributed by atoms with E-state index in [1.807, 2.05) is 13.8 Å². The summed E-state index contributed by atoms with van der Waals surface area (Å²) in [6.07, 6.45) is 2.49. The Labute approximate surface area is 54.5 Å². The van der Waals surface area contributed by atoms with Gasteiger partial charge in [-0.2, -0.15) is 0 Å². The lowest BCUT2D eigenvalue weighted by Crippen LogP contribution is -2.18. The minimum absolute atomic E-state index is 0.0718. The Balaban J connectivity index is 2.67. The van der Waals surface area contributed by atoms with Crippen molar-refractivity contribution in [2.45, 2.75) is 26.4 Å². The molecule has 0 radical (unpaired) electrons. The molecule has 2 heteroatoms. The molecule has 0 saturated heterocycles. The van der Waals surface area contributed by atoms with E-state index in [0.717, 1.165) is 12.0 Å². The first kappa shape index (κ1) is 6.33. The van der Waals surface area contributed by atoms with Gasteiger partial charge in [-0.3, -0.25) is 0 Å². The normalized spacial score (nSPS) is 27.1. The average molecular weight is 126 g/mol. The van der Waals surface area contributed by atoms with Gasteiger partial charge in [0.2, 0.25) is 0 Å². The van der Waals surface area contributed by atoms with Gasteiger partial charge in [0.15, 0.2) is 0 Å². The second-order valence-corrected chi connectivity index (χ2v) is 2.44. The van der Waals surface area contributed by atoms with Gasteiger partial charge < -0.3 is 4.74 Å². The van der Waals surface area contributed by atoms with E-state index in [0.29, 0.717) is 0 Å². The van der Waals surface area contributed by atoms with Gasteiger partial charge in [-0.25, -0.2) is 4.79 Å². The van der Waals surface area contributed by atoms with Crippen LogP contribution in [-0.2, 0) is 9.53 Å². The van der Waals surface area contributed by atoms with Gasteiger partial charge >= 0.3 is 5.97 Å². The minimum atomic E-state index is -0.203. The summed E-state index contributed by atoms with van der Waals surface area (Å²) in [5, 5.41) is 0. The van der Waals surface area contributed by atoms with E-state index in [1.54, 1.807) is 6.08 Å². The van der Waals surface area contributed by atoms with Gasteiger partial charge in [-0.15, -0.1) is 0 Å². The Bertz CT molecular complexity index is 158. The third-order valence-corrected chi connectivity index (χ3v) is 1.29. The molecule has 1 atom stereocenters. The maximum absolute atomic E-state index is 10.6. The van der Waals surface area contributed by atoms with Crippen LogP contribution in [0.3, 0.4) is 0 Å². The molecule has 0 unspecified atom stereocenters. The van der Waals surface area contributed by atoms with Gasteiger partial charge in [0, 0.05) is 12.5 Å². The van der Waals surface area contributed by atoms with E-state index in [4.69, 9.17) is 4.74 Å². The highest BCUT2D eigenvalue weighted by Gasteiger charge is 2.13. The van der Waals surface area contributed by atoms with E-state index >= 15 is 0 Å². The molecule has 0 spiro atoms. The molecule has 1 aliphatic heterocycles. The second kappa shape index (κ2) is 2.21. The highest BCUT2D eigenvalue weighted by atomic mass is 16.5. The molecule has 0 bridgehead atoms. The standard InChI is InChI=1S/C7H10O2/c1-5-3-6(2)9-7(8)4-5/h4,6H,3H2,1-2H3/t6-/m0/s1. The first-order valence-electron chi connectivity index (χ1n) is 3.06. The van der Waals surface area contributed by atoms with Gasteiger partial charge in [0.1, 0.15) is 6.10 Å². The summed E-state index contributed by atoms with van der Waals surface area (Å²) in [6.45, 7) is 3.84. The lowest BCUT2D eigenvalue weighted by atomic mass is 10.1. The van der Waals surface area contributed by atoms with Gasteiger partial charge in [0.25, 0.3) is 0 Å². The fourth-order valence-electron chi connectivity index (χ4n) is 0.988. The van der Waals surface area contributed by atoms with Crippen molar-refractivity contribution in [1.82, 2.24) is 0 Å². The Morgan fingerprint density at radius 1 is 1.78 bits per heavy atom. The summed E-state index contributed by atoms with van der Waals surface area (Å²) in [6, 6.07) is 0. The number of cyclic esters (lactones) is 1. The van der Waals surface area contributed by atoms with Crippen molar-refractivity contribution >= 4 is 5.97 Å². The molecule has 0 amide bonds. The van der Waals surface area contributed by atoms with Gasteiger partial charge in [-0.05, 0) is 13.8 Å². The molecule has 1 rings (SSSR count). The van der Waals surface area contributed by atoms with Crippen molar-refractivity contribution < 1.29 is 9.53 Å². The summed E-state index contributed by atoms with van der Waals surface area (Å²) in [5.74, 6) is -0.203. The number of hydrogen-bond donors (Lipinski definition) is 0. The first-order valence-corrected chi connectivity index (χ1v) is 3.06. The van der Waals surface area contributed by atoms with Crippen LogP contribution in [0, 0.1) is 0 Å². The van der Waals surface area contributed by atoms with Crippen LogP contribution in [0.4, 0.5) is 0 Å². The topological polar surface area (TPSA) is 26.3 Å². The molecule has 0 N–H and O–H groups in total. The van der Waals surface area contributed by atoms with Gasteiger partial charge in [0.05, 0.1) is 0 Å². The highest BCUT2D eigenvalue weighted by Crippen LogP contribution is 2.13. The third-order valence-electron chi connectivity index (χ3n) is 1.29. The van der Waals surface area contributed by atoms with Crippen molar-refractivity contribution in [3.05, 3.63) is 11.6 Å². The zero-order chi connectivity index (χ0) is 6.85. The SMILES string of the molecule is CC1=CC(=O)O[C@@H](C)C1. The van der Waals surface area contributed by atoms with Gasteiger partial charge in [-0.1, -0.05) is 5.57 Å². The predicted molar refractivity (Wildman–Crippen MR) is 33.9 cm³/mol. The predicted octanol–water partition coefficient (Wildman–Crippen LogP) is 1.27. The summed E-state index contributed by atoms with van der Waals surface area (Å²) in [4.78, 5) is 10.6. The summed E-state index contributed by atoms with van der Waals surface area (Å²) in [7, 11) is 0. The van der Waals surface area contributed by atoms with Crippen LogP contribution in [0.2, 0.25) is 0 Å². The Morgan fingerprint density at radius 2 is 2.44 bits per heavy atom. The maximum Gasteiger partial charge on any atom is 0.330 e. The molecule has 2 nitrogen and oxygen atoms in total. The molecule has 0 fully saturated rings. The van der Waals surface area contributed by atoms with E-state index in [-0.39, 0.29) is 12.1 Å². The van der Waals surface area contributed by atoms with Crippen LogP contribution in [0.25, 0.3) is 0 Å². The number of hydrogen-bond acceptors (Lipinski definition) is 2. The van der Waals surface area contributed by atoms with Crippen molar-refractivity contribution in [3.8, 4) is 0 Å². The maximum atomic E-state index is 10.6. The molecule has 0 aromatic rings. The monoisotopic (exact) mass is 126 g/mol. The molecule has 1 heterocycles. The zero-order valence-electron chi connectivity index (χ0n) is 5.68. The zero-order valence-corrected chi connectivity index (χ0v) is 5.68. The van der Waals surface area contributed by atoms with Crippen molar-refractivity contribution in [1.29, 1.82) is 0 Å². The molecule has 9 heavy (non-hydrogen) atoms. The third kappa shape index (κ3) is 1.56. The number of carbonyl (C=O) groups is 1. The van der Waals surface area contributed by atoms with E-state index < -0.39 is 0 Å². The minimum Gasteiger partial charge on any atom is -0.459 e. The lowest BCUT2D eigenvalue weighted by Gasteiger charge is -2.16. The quantitative estimate of drug-likeness (QED) is 0.457. The van der Waals surface area contributed by atoms with Crippen LogP contribution in [0.1, 0.15) is 20.3 Å². The highest BCUT2D eigenvalue weighted by molar-refractivity contribution is 5.83. The molecule has 50 valence electrons. The van der Waals surface area contributed by atoms with Crippen LogP contribution >= 0.6 is 0 Å². The molecule has 0 aromatic carbocycles. The first-order chi connectivity index (χ1) is 4.18. The van der Waals surface area contributed by atoms with Crippen LogP contribution < -0.4 is 0 Å². The largest absolute Gasteiger partial charge is 0.459 e. The van der Waals surface area contributed by atoms with E-state index in [1.165, 1.54) is 0 Å². The summed E-state index contributed by atoms with van der Waals surface area (Å²) in [5.41, 5.74) is 1.11. The Kier molecular flexibility index (Phi) is 1.56. The Morgan fingerprint density at radius 3 is 2.89 bits per heavy atom. The molecule has 0 saturated carbocycles. The smallest absolute Gasteiger partial charge is 0.330 e. The van der Waals surface area contributed by atoms with E-state index in [9.17, 15) is 4.79 Å². The van der Waals surface area contributed by atoms with Crippen LogP contribution in [0.15, 0.2) is 11.6 Å². The van der Waals surface area contributed by atoms with Crippen LogP contribution in [-0.4, -0.2) is 12.1 Å². The van der Waals surface area contributed by atoms with Crippen LogP contribution in [0.5, 0.6) is 0 Å². The molecular formula is C7H10O2. The molecule has 1 aliphatic rings. The van der Waals surface area contributed by atoms with Crippen molar-refractivity contribution in [2.24, 2.45) is 0 Å². The lowest BCUT2D eigenvalue weighted by molar-refractivity contribution is -0.143. The fourth-order valence-corrected chi connectivity index (χ4v) is 0.988. The molecule has 0 aliphatic carbocycles. The van der Waals surface area contributed by atoms with Crippen molar-refractivity contribution in [2.75, 3.05) is 0 Å². The number of ether oxygens (including phenoxy) is 1. The number of carbonyl (C=O) groups excluding carboxylic acids is 1. The summed E-state index contributed by atoms with van der Waals surface area (Å²) >= 11 is 0.